The van der Waals surface area contributed by atoms with Crippen molar-refractivity contribution in [1.29, 1.82) is 0 Å². The fraction of sp³-hybridized carbons (Fsp3) is 0.455. The first-order valence-corrected chi connectivity index (χ1v) is 5.01. The Morgan fingerprint density at radius 3 is 2.67 bits per heavy atom. The Bertz CT molecular complexity index is 381. The van der Waals surface area contributed by atoms with E-state index >= 15 is 0 Å². The highest BCUT2D eigenvalue weighted by Crippen LogP contribution is 2.45. The van der Waals surface area contributed by atoms with Gasteiger partial charge in [0.15, 0.2) is 11.6 Å². The lowest BCUT2D eigenvalue weighted by Crippen LogP contribution is -2.06. The van der Waals surface area contributed by atoms with E-state index in [4.69, 9.17) is 10.5 Å². The van der Waals surface area contributed by atoms with E-state index < -0.39 is 11.6 Å². The highest BCUT2D eigenvalue weighted by molar-refractivity contribution is 5.42. The molecule has 2 N–H and O–H groups in total. The zero-order chi connectivity index (χ0) is 11.0. The normalized spacial score (nSPS) is 24.0. The van der Waals surface area contributed by atoms with Crippen molar-refractivity contribution < 1.29 is 13.5 Å². The third kappa shape index (κ3) is 1.81. The molecule has 4 heteroatoms. The van der Waals surface area contributed by atoms with Gasteiger partial charge in [-0.05, 0) is 25.5 Å². The summed E-state index contributed by atoms with van der Waals surface area (Å²) >= 11 is 0. The summed E-state index contributed by atoms with van der Waals surface area (Å²) in [6.07, 6.45) is 0.695. The summed E-state index contributed by atoms with van der Waals surface area (Å²) in [6, 6.07) is 2.47. The fourth-order valence-electron chi connectivity index (χ4n) is 1.72. The molecule has 15 heavy (non-hydrogen) atoms. The molecule has 82 valence electrons. The Labute approximate surface area is 87.0 Å². The van der Waals surface area contributed by atoms with Gasteiger partial charge < -0.3 is 10.5 Å². The minimum absolute atomic E-state index is 0.0690. The second kappa shape index (κ2) is 3.77. The van der Waals surface area contributed by atoms with Crippen molar-refractivity contribution in [2.75, 3.05) is 6.61 Å². The number of halogens is 2. The molecule has 2 unspecified atom stereocenters. The lowest BCUT2D eigenvalue weighted by Gasteiger charge is -2.10. The van der Waals surface area contributed by atoms with Crippen LogP contribution < -0.4 is 10.5 Å². The van der Waals surface area contributed by atoms with Crippen molar-refractivity contribution in [2.24, 2.45) is 5.73 Å². The average molecular weight is 213 g/mol. The van der Waals surface area contributed by atoms with Gasteiger partial charge in [0, 0.05) is 17.5 Å². The summed E-state index contributed by atoms with van der Waals surface area (Å²) in [6.45, 7) is 2.23. The van der Waals surface area contributed by atoms with Gasteiger partial charge in [-0.1, -0.05) is 0 Å². The number of hydrogen-bond acceptors (Lipinski definition) is 2. The quantitative estimate of drug-likeness (QED) is 0.835. The van der Waals surface area contributed by atoms with Crippen molar-refractivity contribution in [2.45, 2.75) is 25.3 Å². The molecule has 0 saturated heterocycles. The third-order valence-corrected chi connectivity index (χ3v) is 2.60. The molecule has 0 radical (unpaired) electrons. The van der Waals surface area contributed by atoms with E-state index in [2.05, 4.69) is 0 Å². The largest absolute Gasteiger partial charge is 0.493 e. The zero-order valence-electron chi connectivity index (χ0n) is 8.47. The molecule has 2 nitrogen and oxygen atoms in total. The maximum absolute atomic E-state index is 13.5. The number of ether oxygens (including phenoxy) is 1. The van der Waals surface area contributed by atoms with E-state index in [9.17, 15) is 8.78 Å². The molecule has 1 aromatic rings. The number of rotatable bonds is 3. The Hall–Kier alpha value is -1.16. The predicted octanol–water partition coefficient (Wildman–Crippen LogP) is 2.18. The second-order valence-electron chi connectivity index (χ2n) is 3.71. The maximum Gasteiger partial charge on any atom is 0.166 e. The van der Waals surface area contributed by atoms with E-state index in [1.165, 1.54) is 6.07 Å². The van der Waals surface area contributed by atoms with Gasteiger partial charge in [-0.15, -0.1) is 0 Å². The van der Waals surface area contributed by atoms with Crippen LogP contribution in [0.2, 0.25) is 0 Å². The molecule has 2 atom stereocenters. The second-order valence-corrected chi connectivity index (χ2v) is 3.71. The highest BCUT2D eigenvalue weighted by atomic mass is 19.2. The summed E-state index contributed by atoms with van der Waals surface area (Å²) < 4.78 is 31.8. The molecule has 1 aliphatic carbocycles. The van der Waals surface area contributed by atoms with Crippen LogP contribution in [0.15, 0.2) is 12.1 Å². The molecule has 0 aliphatic heterocycles. The fourth-order valence-corrected chi connectivity index (χ4v) is 1.72. The average Bonchev–Trinajstić information content (AvgIpc) is 2.90. The van der Waals surface area contributed by atoms with Gasteiger partial charge in [-0.2, -0.15) is 0 Å². The Morgan fingerprint density at radius 1 is 1.47 bits per heavy atom. The Morgan fingerprint density at radius 2 is 2.13 bits per heavy atom. The molecule has 1 aliphatic rings. The van der Waals surface area contributed by atoms with Crippen LogP contribution in [0, 0.1) is 11.6 Å². The zero-order valence-corrected chi connectivity index (χ0v) is 8.47. The van der Waals surface area contributed by atoms with E-state index in [0.717, 1.165) is 6.07 Å². The molecule has 1 aromatic carbocycles. The van der Waals surface area contributed by atoms with Gasteiger partial charge in [0.1, 0.15) is 5.75 Å². The molecule has 1 saturated carbocycles. The number of hydrogen-bond donors (Lipinski definition) is 1. The van der Waals surface area contributed by atoms with Crippen LogP contribution in [0.5, 0.6) is 5.75 Å². The minimum atomic E-state index is -0.840. The first-order chi connectivity index (χ1) is 7.15. The van der Waals surface area contributed by atoms with Gasteiger partial charge in [-0.25, -0.2) is 8.78 Å². The van der Waals surface area contributed by atoms with E-state index in [1.807, 2.05) is 0 Å². The van der Waals surface area contributed by atoms with Crippen LogP contribution in [0.25, 0.3) is 0 Å². The lowest BCUT2D eigenvalue weighted by molar-refractivity contribution is 0.331. The summed E-state index contributed by atoms with van der Waals surface area (Å²) in [5.74, 6) is -1.34. The highest BCUT2D eigenvalue weighted by Gasteiger charge is 2.39. The lowest BCUT2D eigenvalue weighted by atomic mass is 10.1. The molecule has 2 rings (SSSR count). The van der Waals surface area contributed by atoms with Crippen LogP contribution in [-0.4, -0.2) is 12.6 Å². The van der Waals surface area contributed by atoms with Gasteiger partial charge in [0.05, 0.1) is 6.61 Å². The SMILES string of the molecule is CCOc1ccc(F)c(F)c1C1CC1N. The standard InChI is InChI=1S/C11H13F2NO/c1-2-15-9-4-3-7(12)11(13)10(9)6-5-8(6)14/h3-4,6,8H,2,5,14H2,1H3. The topological polar surface area (TPSA) is 35.2 Å². The Kier molecular flexibility index (Phi) is 2.61. The third-order valence-electron chi connectivity index (χ3n) is 2.60. The van der Waals surface area contributed by atoms with Gasteiger partial charge in [0.2, 0.25) is 0 Å². The van der Waals surface area contributed by atoms with Crippen molar-refractivity contribution in [1.82, 2.24) is 0 Å². The van der Waals surface area contributed by atoms with E-state index in [1.54, 1.807) is 6.92 Å². The van der Waals surface area contributed by atoms with Gasteiger partial charge >= 0.3 is 0 Å². The molecule has 0 aromatic heterocycles. The molecule has 0 bridgehead atoms. The van der Waals surface area contributed by atoms with Crippen molar-refractivity contribution in [3.05, 3.63) is 29.3 Å². The van der Waals surface area contributed by atoms with Crippen molar-refractivity contribution >= 4 is 0 Å². The minimum Gasteiger partial charge on any atom is -0.493 e. The predicted molar refractivity (Wildman–Crippen MR) is 52.9 cm³/mol. The summed E-state index contributed by atoms with van der Waals surface area (Å²) in [5, 5.41) is 0. The number of benzene rings is 1. The van der Waals surface area contributed by atoms with Crippen LogP contribution in [0.3, 0.4) is 0 Å². The summed E-state index contributed by atoms with van der Waals surface area (Å²) in [7, 11) is 0. The smallest absolute Gasteiger partial charge is 0.166 e. The van der Waals surface area contributed by atoms with Crippen LogP contribution in [0.4, 0.5) is 8.78 Å². The molecular formula is C11H13F2NO. The van der Waals surface area contributed by atoms with Crippen LogP contribution in [-0.2, 0) is 0 Å². The molecule has 1 fully saturated rings. The van der Waals surface area contributed by atoms with Gasteiger partial charge in [-0.3, -0.25) is 0 Å². The van der Waals surface area contributed by atoms with Crippen molar-refractivity contribution in [3.8, 4) is 5.75 Å². The van der Waals surface area contributed by atoms with E-state index in [0.29, 0.717) is 24.3 Å². The van der Waals surface area contributed by atoms with E-state index in [-0.39, 0.29) is 12.0 Å². The monoisotopic (exact) mass is 213 g/mol. The summed E-state index contributed by atoms with van der Waals surface area (Å²) in [4.78, 5) is 0. The van der Waals surface area contributed by atoms with Crippen LogP contribution in [0.1, 0.15) is 24.8 Å². The van der Waals surface area contributed by atoms with Crippen molar-refractivity contribution in [3.63, 3.8) is 0 Å². The number of nitrogens with two attached hydrogens (primary N) is 1. The summed E-state index contributed by atoms with van der Waals surface area (Å²) in [5.41, 5.74) is 5.93. The maximum atomic E-state index is 13.5. The molecule has 0 spiro atoms. The molecular weight excluding hydrogens is 200 g/mol. The first-order valence-electron chi connectivity index (χ1n) is 5.01. The Balaban J connectivity index is 2.41. The molecule has 0 amide bonds. The first kappa shape index (κ1) is 10.4. The molecule has 0 heterocycles. The van der Waals surface area contributed by atoms with Crippen LogP contribution >= 0.6 is 0 Å². The van der Waals surface area contributed by atoms with Gasteiger partial charge in [0.25, 0.3) is 0 Å².